The first kappa shape index (κ1) is 25.4. The number of aliphatic imine (C=N–C) groups is 1. The molecule has 3 heterocycles. The van der Waals surface area contributed by atoms with Crippen molar-refractivity contribution in [3.05, 3.63) is 63.6 Å². The molecule has 1 N–H and O–H groups in total. The Kier molecular flexibility index (Phi) is 8.03. The van der Waals surface area contributed by atoms with Gasteiger partial charge in [0.1, 0.15) is 12.6 Å². The minimum Gasteiger partial charge on any atom is -0.464 e. The number of fused-ring (bicyclic) bond motifs is 3. The van der Waals surface area contributed by atoms with Crippen molar-refractivity contribution >= 4 is 59.0 Å². The number of ether oxygens (including phenoxy) is 2. The summed E-state index contributed by atoms with van der Waals surface area (Å²) >= 11 is 17.7. The van der Waals surface area contributed by atoms with E-state index in [9.17, 15) is 4.79 Å². The number of benzene rings is 2. The first-order valence-corrected chi connectivity index (χ1v) is 13.2. The molecule has 1 fully saturated rings. The fourth-order valence-corrected chi connectivity index (χ4v) is 5.24. The average molecular weight is 548 g/mol. The highest BCUT2D eigenvalue weighted by molar-refractivity contribution is 7.81. The number of hydrazone groups is 1. The first-order chi connectivity index (χ1) is 17.5. The van der Waals surface area contributed by atoms with Crippen LogP contribution in [0.2, 0.25) is 10.0 Å². The number of hydrogen-bond acceptors (Lipinski definition) is 9. The molecule has 2 atom stereocenters. The van der Waals surface area contributed by atoms with Gasteiger partial charge in [-0.2, -0.15) is 5.10 Å². The van der Waals surface area contributed by atoms with Gasteiger partial charge in [-0.25, -0.2) is 0 Å². The summed E-state index contributed by atoms with van der Waals surface area (Å²) in [4.78, 5) is 21.9. The quantitative estimate of drug-likeness (QED) is 0.405. The topological polar surface area (TPSA) is 78.8 Å². The molecule has 2 aromatic rings. The van der Waals surface area contributed by atoms with E-state index in [-0.39, 0.29) is 17.9 Å². The fraction of sp³-hybridized carbons (Fsp3) is 0.400. The van der Waals surface area contributed by atoms with Crippen molar-refractivity contribution in [3.8, 4) is 0 Å². The number of hydrogen-bond donors (Lipinski definition) is 2. The van der Waals surface area contributed by atoms with Crippen LogP contribution in [0.5, 0.6) is 0 Å². The molecule has 1 saturated heterocycles. The van der Waals surface area contributed by atoms with Crippen LogP contribution in [0.4, 0.5) is 5.69 Å². The van der Waals surface area contributed by atoms with Gasteiger partial charge in [-0.1, -0.05) is 41.4 Å². The Morgan fingerprint density at radius 3 is 2.78 bits per heavy atom. The predicted molar refractivity (Wildman–Crippen MR) is 146 cm³/mol. The molecule has 0 aliphatic carbocycles. The summed E-state index contributed by atoms with van der Waals surface area (Å²) in [5.74, 6) is 0.421. The number of morpholine rings is 1. The Balaban J connectivity index is 1.38. The fourth-order valence-electron chi connectivity index (χ4n) is 4.54. The lowest BCUT2D eigenvalue weighted by atomic mass is 10.00. The minimum atomic E-state index is -0.418. The van der Waals surface area contributed by atoms with Crippen molar-refractivity contribution in [2.75, 3.05) is 44.4 Å². The summed E-state index contributed by atoms with van der Waals surface area (Å²) in [7, 11) is 0. The van der Waals surface area contributed by atoms with E-state index in [1.165, 1.54) is 0 Å². The number of halogens is 2. The van der Waals surface area contributed by atoms with E-state index >= 15 is 0 Å². The molecule has 0 saturated carbocycles. The molecule has 190 valence electrons. The Hall–Kier alpha value is -2.30. The van der Waals surface area contributed by atoms with E-state index in [1.54, 1.807) is 0 Å². The van der Waals surface area contributed by atoms with Gasteiger partial charge in [0, 0.05) is 47.2 Å². The number of anilines is 1. The largest absolute Gasteiger partial charge is 0.464 e. The zero-order valence-corrected chi connectivity index (χ0v) is 22.0. The van der Waals surface area contributed by atoms with Crippen molar-refractivity contribution in [1.82, 2.24) is 10.3 Å². The number of esters is 1. The molecular weight excluding hydrogens is 521 g/mol. The zero-order valence-electron chi connectivity index (χ0n) is 19.6. The van der Waals surface area contributed by atoms with Gasteiger partial charge >= 0.3 is 5.97 Å². The van der Waals surface area contributed by atoms with Gasteiger partial charge in [-0.15, -0.1) is 12.6 Å². The SMILES string of the molecule is O=C(CC[C@@H]1N=C(c2ccccc2Cl)c2cc(Cl)ccc2N2C1=NN[C@H]2S)OCCN1CCOCC1. The lowest BCUT2D eigenvalue weighted by Crippen LogP contribution is -2.40. The number of nitrogens with zero attached hydrogens (tertiary/aromatic N) is 4. The second-order valence-electron chi connectivity index (χ2n) is 8.69. The average Bonchev–Trinajstić information content (AvgIpc) is 3.20. The Labute approximate surface area is 225 Å². The van der Waals surface area contributed by atoms with Gasteiger partial charge in [0.05, 0.1) is 24.6 Å². The maximum atomic E-state index is 12.6. The molecule has 0 bridgehead atoms. The van der Waals surface area contributed by atoms with Crippen molar-refractivity contribution in [3.63, 3.8) is 0 Å². The number of rotatable bonds is 7. The number of thiol groups is 1. The molecule has 0 unspecified atom stereocenters. The van der Waals surface area contributed by atoms with Crippen LogP contribution in [0, 0.1) is 0 Å². The van der Waals surface area contributed by atoms with Gasteiger partial charge in [0.2, 0.25) is 0 Å². The molecule has 2 aromatic carbocycles. The third-order valence-electron chi connectivity index (χ3n) is 6.37. The lowest BCUT2D eigenvalue weighted by molar-refractivity contribution is -0.144. The van der Waals surface area contributed by atoms with Gasteiger partial charge in [-0.3, -0.25) is 25.0 Å². The maximum Gasteiger partial charge on any atom is 0.305 e. The smallest absolute Gasteiger partial charge is 0.305 e. The molecule has 8 nitrogen and oxygen atoms in total. The number of nitrogens with one attached hydrogen (secondary N) is 1. The highest BCUT2D eigenvalue weighted by atomic mass is 35.5. The third-order valence-corrected chi connectivity index (χ3v) is 7.28. The molecule has 11 heteroatoms. The summed E-state index contributed by atoms with van der Waals surface area (Å²) in [5.41, 5.74) is 5.79. The Morgan fingerprint density at radius 1 is 1.17 bits per heavy atom. The van der Waals surface area contributed by atoms with Crippen molar-refractivity contribution in [2.24, 2.45) is 10.1 Å². The lowest BCUT2D eigenvalue weighted by Gasteiger charge is -2.26. The molecule has 36 heavy (non-hydrogen) atoms. The normalized spacial score (nSPS) is 21.6. The molecule has 3 aliphatic rings. The van der Waals surface area contributed by atoms with E-state index in [1.807, 2.05) is 47.4 Å². The summed E-state index contributed by atoms with van der Waals surface area (Å²) < 4.78 is 10.9. The predicted octanol–water partition coefficient (Wildman–Crippen LogP) is 3.81. The van der Waals surface area contributed by atoms with E-state index in [2.05, 4.69) is 28.1 Å². The summed E-state index contributed by atoms with van der Waals surface area (Å²) in [6.07, 6.45) is 0.623. The van der Waals surface area contributed by atoms with Crippen LogP contribution < -0.4 is 10.3 Å². The highest BCUT2D eigenvalue weighted by Crippen LogP contribution is 2.36. The second kappa shape index (κ2) is 11.4. The molecule has 0 radical (unpaired) electrons. The minimum absolute atomic E-state index is 0.203. The van der Waals surface area contributed by atoms with Gasteiger partial charge in [0.25, 0.3) is 0 Å². The number of carbonyl (C=O) groups excluding carboxylic acids is 1. The Morgan fingerprint density at radius 2 is 1.97 bits per heavy atom. The van der Waals surface area contributed by atoms with E-state index in [4.69, 9.17) is 37.7 Å². The first-order valence-electron chi connectivity index (χ1n) is 11.9. The molecule has 3 aliphatic heterocycles. The number of carbonyl (C=O) groups is 1. The maximum absolute atomic E-state index is 12.6. The second-order valence-corrected chi connectivity index (χ2v) is 10.0. The van der Waals surface area contributed by atoms with Crippen LogP contribution in [0.3, 0.4) is 0 Å². The molecule has 0 amide bonds. The van der Waals surface area contributed by atoms with E-state index in [0.29, 0.717) is 54.4 Å². The summed E-state index contributed by atoms with van der Waals surface area (Å²) in [5, 5.41) is 5.68. The standard InChI is InChI=1S/C25H27Cl2N5O3S/c26-16-5-7-21-18(15-16)23(17-3-1-2-4-19(17)27)28-20(24-29-30-25(36)32(21)24)6-8-22(33)35-14-11-31-9-12-34-13-10-31/h1-5,7,15,20,25,30,36H,6,8-14H2/t20-,25+/m0/s1. The highest BCUT2D eigenvalue weighted by Gasteiger charge is 2.37. The van der Waals surface area contributed by atoms with E-state index < -0.39 is 6.04 Å². The molecule has 0 aromatic heterocycles. The summed E-state index contributed by atoms with van der Waals surface area (Å²) in [6.45, 7) is 4.21. The summed E-state index contributed by atoms with van der Waals surface area (Å²) in [6, 6.07) is 12.8. The molecule has 5 rings (SSSR count). The van der Waals surface area contributed by atoms with Crippen molar-refractivity contribution in [2.45, 2.75) is 24.4 Å². The molecule has 0 spiro atoms. The molecular formula is C25H27Cl2N5O3S. The monoisotopic (exact) mass is 547 g/mol. The van der Waals surface area contributed by atoms with Crippen LogP contribution in [-0.2, 0) is 14.3 Å². The Bertz CT molecular complexity index is 1190. The van der Waals surface area contributed by atoms with Crippen molar-refractivity contribution in [1.29, 1.82) is 0 Å². The van der Waals surface area contributed by atoms with Gasteiger partial charge in [0.15, 0.2) is 11.3 Å². The van der Waals surface area contributed by atoms with E-state index in [0.717, 1.165) is 29.9 Å². The van der Waals surface area contributed by atoms with Gasteiger partial charge < -0.3 is 9.47 Å². The van der Waals surface area contributed by atoms with Crippen LogP contribution in [0.25, 0.3) is 0 Å². The third kappa shape index (κ3) is 5.50. The zero-order chi connectivity index (χ0) is 25.1. The van der Waals surface area contributed by atoms with Crippen LogP contribution >= 0.6 is 35.8 Å². The number of amidine groups is 1. The van der Waals surface area contributed by atoms with Crippen molar-refractivity contribution < 1.29 is 14.3 Å². The van der Waals surface area contributed by atoms with Crippen LogP contribution in [0.15, 0.2) is 52.6 Å². The van der Waals surface area contributed by atoms with Crippen LogP contribution in [-0.4, -0.2) is 73.4 Å². The van der Waals surface area contributed by atoms with Gasteiger partial charge in [-0.05, 0) is 30.7 Å². The van der Waals surface area contributed by atoms with Crippen LogP contribution in [0.1, 0.15) is 24.0 Å².